The van der Waals surface area contributed by atoms with Gasteiger partial charge in [-0.2, -0.15) is 0 Å². The molecule has 2 saturated carbocycles. The van der Waals surface area contributed by atoms with Gasteiger partial charge in [0.15, 0.2) is 0 Å². The first-order valence-electron chi connectivity index (χ1n) is 9.94. The molecule has 3 aliphatic carbocycles. The topological polar surface area (TPSA) is 63.7 Å². The number of allylic oxidation sites excluding steroid dienone is 2. The number of ether oxygens (including phenoxy) is 1. The van der Waals surface area contributed by atoms with E-state index in [0.29, 0.717) is 11.4 Å². The first kappa shape index (κ1) is 16.7. The largest absolute Gasteiger partial charge is 0.427 e. The fraction of sp³-hybridized carbons (Fsp3) is 0.500. The van der Waals surface area contributed by atoms with E-state index in [0.717, 1.165) is 38.5 Å². The SMILES string of the molecule is CC(=O)Oc1ccc(N2C(=O)[C@@H]3[C@@H](C2=O)[C@H]2CCCC2=C2CCC[C@H]23)cc1. The van der Waals surface area contributed by atoms with Crippen molar-refractivity contribution < 1.29 is 19.1 Å². The van der Waals surface area contributed by atoms with Gasteiger partial charge in [-0.3, -0.25) is 19.3 Å². The van der Waals surface area contributed by atoms with Gasteiger partial charge in [-0.25, -0.2) is 0 Å². The van der Waals surface area contributed by atoms with Crippen LogP contribution in [-0.4, -0.2) is 17.8 Å². The smallest absolute Gasteiger partial charge is 0.308 e. The Bertz CT molecular complexity index is 827. The lowest BCUT2D eigenvalue weighted by atomic mass is 9.66. The molecule has 5 heteroatoms. The Morgan fingerprint density at radius 2 is 1.44 bits per heavy atom. The van der Waals surface area contributed by atoms with Crippen LogP contribution in [0.15, 0.2) is 35.4 Å². The second kappa shape index (κ2) is 6.04. The predicted molar refractivity (Wildman–Crippen MR) is 98.9 cm³/mol. The van der Waals surface area contributed by atoms with Crippen molar-refractivity contribution in [3.63, 3.8) is 0 Å². The van der Waals surface area contributed by atoms with Crippen molar-refractivity contribution in [1.29, 1.82) is 0 Å². The van der Waals surface area contributed by atoms with Gasteiger partial charge in [0.1, 0.15) is 5.75 Å². The number of anilines is 1. The zero-order valence-electron chi connectivity index (χ0n) is 15.4. The standard InChI is InChI=1S/C22H23NO4/c1-12(24)27-14-10-8-13(9-11-14)23-21(25)19-17-6-2-4-15(17)16-5-3-7-18(16)20(19)22(23)26/h8-11,17-20H,2-7H2,1H3/t17-,18+,19-,20-/m0/s1. The van der Waals surface area contributed by atoms with Crippen LogP contribution in [0.3, 0.4) is 0 Å². The summed E-state index contributed by atoms with van der Waals surface area (Å²) in [5.74, 6) is 0.102. The molecule has 2 amide bonds. The lowest BCUT2D eigenvalue weighted by Crippen LogP contribution is -2.35. The van der Waals surface area contributed by atoms with Crippen molar-refractivity contribution in [2.24, 2.45) is 23.7 Å². The summed E-state index contributed by atoms with van der Waals surface area (Å²) in [5, 5.41) is 0. The maximum Gasteiger partial charge on any atom is 0.308 e. The van der Waals surface area contributed by atoms with Gasteiger partial charge in [0.25, 0.3) is 0 Å². The zero-order chi connectivity index (χ0) is 18.7. The highest BCUT2D eigenvalue weighted by atomic mass is 16.5. The van der Waals surface area contributed by atoms with E-state index in [-0.39, 0.29) is 35.5 Å². The molecule has 4 aliphatic rings. The Kier molecular flexibility index (Phi) is 3.74. The van der Waals surface area contributed by atoms with Gasteiger partial charge in [0, 0.05) is 6.92 Å². The van der Waals surface area contributed by atoms with E-state index < -0.39 is 5.97 Å². The van der Waals surface area contributed by atoms with Crippen molar-refractivity contribution in [3.8, 4) is 5.75 Å². The fourth-order valence-electron chi connectivity index (χ4n) is 5.98. The van der Waals surface area contributed by atoms with Crippen LogP contribution in [0.2, 0.25) is 0 Å². The van der Waals surface area contributed by atoms with E-state index in [1.165, 1.54) is 23.0 Å². The first-order chi connectivity index (χ1) is 13.1. The fourth-order valence-corrected chi connectivity index (χ4v) is 5.98. The molecule has 0 bridgehead atoms. The van der Waals surface area contributed by atoms with Crippen LogP contribution >= 0.6 is 0 Å². The molecule has 0 radical (unpaired) electrons. The molecule has 3 fully saturated rings. The zero-order valence-corrected chi connectivity index (χ0v) is 15.4. The number of nitrogens with zero attached hydrogens (tertiary/aromatic N) is 1. The van der Waals surface area contributed by atoms with Crippen molar-refractivity contribution in [1.82, 2.24) is 0 Å². The summed E-state index contributed by atoms with van der Waals surface area (Å²) in [6.45, 7) is 1.34. The Morgan fingerprint density at radius 3 is 1.93 bits per heavy atom. The van der Waals surface area contributed by atoms with Crippen molar-refractivity contribution >= 4 is 23.5 Å². The van der Waals surface area contributed by atoms with Crippen LogP contribution in [0.25, 0.3) is 0 Å². The third-order valence-corrected chi connectivity index (χ3v) is 6.85. The quantitative estimate of drug-likeness (QED) is 0.347. The van der Waals surface area contributed by atoms with E-state index in [1.54, 1.807) is 24.3 Å². The third kappa shape index (κ3) is 2.40. The predicted octanol–water partition coefficient (Wildman–Crippen LogP) is 3.63. The number of rotatable bonds is 2. The molecule has 0 unspecified atom stereocenters. The van der Waals surface area contributed by atoms with Crippen molar-refractivity contribution in [2.45, 2.75) is 45.4 Å². The molecule has 1 aromatic carbocycles. The van der Waals surface area contributed by atoms with E-state index in [1.807, 2.05) is 0 Å². The highest BCUT2D eigenvalue weighted by molar-refractivity contribution is 6.22. The highest BCUT2D eigenvalue weighted by Gasteiger charge is 2.59. The molecule has 1 aliphatic heterocycles. The van der Waals surface area contributed by atoms with Crippen LogP contribution in [0.5, 0.6) is 5.75 Å². The first-order valence-corrected chi connectivity index (χ1v) is 9.94. The number of hydrogen-bond donors (Lipinski definition) is 0. The summed E-state index contributed by atoms with van der Waals surface area (Å²) in [6, 6.07) is 6.67. The molecule has 27 heavy (non-hydrogen) atoms. The van der Waals surface area contributed by atoms with Crippen LogP contribution in [0.4, 0.5) is 5.69 Å². The highest BCUT2D eigenvalue weighted by Crippen LogP contribution is 2.57. The molecule has 0 aromatic heterocycles. The van der Waals surface area contributed by atoms with Crippen molar-refractivity contribution in [2.75, 3.05) is 4.90 Å². The maximum absolute atomic E-state index is 13.3. The van der Waals surface area contributed by atoms with E-state index in [2.05, 4.69) is 0 Å². The summed E-state index contributed by atoms with van der Waals surface area (Å²) < 4.78 is 5.06. The van der Waals surface area contributed by atoms with Crippen LogP contribution < -0.4 is 9.64 Å². The van der Waals surface area contributed by atoms with Gasteiger partial charge in [-0.15, -0.1) is 0 Å². The number of benzene rings is 1. The number of carbonyl (C=O) groups excluding carboxylic acids is 3. The summed E-state index contributed by atoms with van der Waals surface area (Å²) in [5.41, 5.74) is 3.59. The summed E-state index contributed by atoms with van der Waals surface area (Å²) in [4.78, 5) is 39.2. The molecular weight excluding hydrogens is 342 g/mol. The minimum atomic E-state index is -0.393. The van der Waals surface area contributed by atoms with E-state index in [9.17, 15) is 14.4 Å². The second-order valence-electron chi connectivity index (χ2n) is 8.20. The molecule has 5 rings (SSSR count). The minimum Gasteiger partial charge on any atom is -0.427 e. The molecule has 1 heterocycles. The molecule has 1 saturated heterocycles. The molecule has 0 N–H and O–H groups in total. The third-order valence-electron chi connectivity index (χ3n) is 6.85. The van der Waals surface area contributed by atoms with E-state index >= 15 is 0 Å². The van der Waals surface area contributed by atoms with Gasteiger partial charge in [-0.05, 0) is 74.6 Å². The van der Waals surface area contributed by atoms with Gasteiger partial charge in [0.05, 0.1) is 17.5 Å². The number of esters is 1. The normalized spacial score (nSPS) is 31.8. The number of hydrogen-bond acceptors (Lipinski definition) is 4. The average molecular weight is 365 g/mol. The van der Waals surface area contributed by atoms with Gasteiger partial charge in [0.2, 0.25) is 11.8 Å². The number of imide groups is 1. The number of amides is 2. The van der Waals surface area contributed by atoms with Crippen molar-refractivity contribution in [3.05, 3.63) is 35.4 Å². The molecule has 5 nitrogen and oxygen atoms in total. The lowest BCUT2D eigenvalue weighted by Gasteiger charge is -2.34. The number of fused-ring (bicyclic) bond motifs is 5. The Balaban J connectivity index is 1.50. The van der Waals surface area contributed by atoms with E-state index in [4.69, 9.17) is 4.74 Å². The lowest BCUT2D eigenvalue weighted by molar-refractivity contribution is -0.132. The molecule has 140 valence electrons. The summed E-state index contributed by atoms with van der Waals surface area (Å²) in [7, 11) is 0. The Morgan fingerprint density at radius 1 is 0.926 bits per heavy atom. The van der Waals surface area contributed by atoms with Gasteiger partial charge in [-0.1, -0.05) is 11.1 Å². The maximum atomic E-state index is 13.3. The van der Waals surface area contributed by atoms with Gasteiger partial charge < -0.3 is 4.74 Å². The average Bonchev–Trinajstić information content (AvgIpc) is 3.33. The second-order valence-corrected chi connectivity index (χ2v) is 8.20. The Labute approximate surface area is 158 Å². The molecule has 4 atom stereocenters. The number of carbonyl (C=O) groups is 3. The molecule has 1 aromatic rings. The summed E-state index contributed by atoms with van der Waals surface area (Å²) >= 11 is 0. The van der Waals surface area contributed by atoms with Crippen LogP contribution in [-0.2, 0) is 14.4 Å². The van der Waals surface area contributed by atoms with Crippen LogP contribution in [0, 0.1) is 23.7 Å². The monoisotopic (exact) mass is 365 g/mol. The molecule has 0 spiro atoms. The van der Waals surface area contributed by atoms with Gasteiger partial charge >= 0.3 is 5.97 Å². The van der Waals surface area contributed by atoms with Crippen LogP contribution in [0.1, 0.15) is 45.4 Å². The Hall–Kier alpha value is -2.43. The minimum absolute atomic E-state index is 0.0411. The summed E-state index contributed by atoms with van der Waals surface area (Å²) in [6.07, 6.45) is 6.56. The molecular formula is C22H23NO4.